The van der Waals surface area contributed by atoms with Crippen LogP contribution in [0, 0.1) is 6.92 Å². The van der Waals surface area contributed by atoms with Gasteiger partial charge in [0.15, 0.2) is 0 Å². The molecular weight excluding hydrogens is 210 g/mol. The molecule has 0 aliphatic rings. The number of aryl methyl sites for hydroxylation is 3. The fourth-order valence-electron chi connectivity index (χ4n) is 1.97. The summed E-state index contributed by atoms with van der Waals surface area (Å²) in [6.07, 6.45) is 2.93. The number of pyridine rings is 1. The zero-order valence-electron chi connectivity index (χ0n) is 10.5. The number of rotatable bonds is 2. The lowest BCUT2D eigenvalue weighted by atomic mass is 10.0. The minimum atomic E-state index is 0.0685. The molecule has 2 rings (SSSR count). The minimum Gasteiger partial charge on any atom is -0.318 e. The summed E-state index contributed by atoms with van der Waals surface area (Å²) in [5.74, 6) is 0. The first-order valence-corrected chi connectivity index (χ1v) is 5.88. The Morgan fingerprint density at radius 3 is 2.29 bits per heavy atom. The van der Waals surface area contributed by atoms with Crippen LogP contribution in [0.2, 0.25) is 0 Å². The Hall–Kier alpha value is -1.83. The van der Waals surface area contributed by atoms with Gasteiger partial charge in [-0.15, -0.1) is 0 Å². The van der Waals surface area contributed by atoms with E-state index in [9.17, 15) is 4.79 Å². The van der Waals surface area contributed by atoms with Crippen molar-refractivity contribution in [2.24, 2.45) is 7.05 Å². The Kier molecular flexibility index (Phi) is 3.14. The topological polar surface area (TPSA) is 22.0 Å². The highest BCUT2D eigenvalue weighted by molar-refractivity contribution is 5.63. The molecule has 0 atom stereocenters. The number of hydrogen-bond acceptors (Lipinski definition) is 1. The predicted molar refractivity (Wildman–Crippen MR) is 71.2 cm³/mol. The lowest BCUT2D eigenvalue weighted by Crippen LogP contribution is -2.18. The van der Waals surface area contributed by atoms with E-state index in [0.29, 0.717) is 0 Å². The third-order valence-electron chi connectivity index (χ3n) is 3.06. The summed E-state index contributed by atoms with van der Waals surface area (Å²) in [4.78, 5) is 11.6. The van der Waals surface area contributed by atoms with Crippen LogP contribution in [0.25, 0.3) is 11.1 Å². The van der Waals surface area contributed by atoms with E-state index in [4.69, 9.17) is 0 Å². The molecule has 1 heterocycles. The molecule has 1 aromatic carbocycles. The normalized spacial score (nSPS) is 10.5. The number of benzene rings is 1. The Balaban J connectivity index is 2.49. The zero-order chi connectivity index (χ0) is 12.4. The summed E-state index contributed by atoms with van der Waals surface area (Å²) in [5, 5.41) is 0. The van der Waals surface area contributed by atoms with Gasteiger partial charge in [-0.3, -0.25) is 4.79 Å². The molecule has 0 aliphatic carbocycles. The summed E-state index contributed by atoms with van der Waals surface area (Å²) in [5.41, 5.74) is 4.42. The van der Waals surface area contributed by atoms with Gasteiger partial charge in [0.2, 0.25) is 0 Å². The second-order valence-electron chi connectivity index (χ2n) is 4.38. The van der Waals surface area contributed by atoms with Gasteiger partial charge in [0, 0.05) is 18.8 Å². The number of aromatic nitrogens is 1. The maximum Gasteiger partial charge on any atom is 0.253 e. The Morgan fingerprint density at radius 2 is 1.76 bits per heavy atom. The van der Waals surface area contributed by atoms with Gasteiger partial charge in [0.1, 0.15) is 0 Å². The maximum absolute atomic E-state index is 11.6. The lowest BCUT2D eigenvalue weighted by Gasteiger charge is -2.07. The molecular formula is C15H17NO. The van der Waals surface area contributed by atoms with Crippen LogP contribution in [-0.4, -0.2) is 4.57 Å². The molecule has 1 aromatic heterocycles. The molecule has 0 fully saturated rings. The average molecular weight is 227 g/mol. The smallest absolute Gasteiger partial charge is 0.253 e. The first kappa shape index (κ1) is 11.6. The highest BCUT2D eigenvalue weighted by Gasteiger charge is 2.02. The summed E-state index contributed by atoms with van der Waals surface area (Å²) in [6.45, 7) is 4.00. The van der Waals surface area contributed by atoms with Crippen molar-refractivity contribution >= 4 is 0 Å². The van der Waals surface area contributed by atoms with Crippen LogP contribution < -0.4 is 5.56 Å². The molecule has 0 spiro atoms. The molecule has 0 aliphatic heterocycles. The van der Waals surface area contributed by atoms with Crippen molar-refractivity contribution in [2.75, 3.05) is 0 Å². The van der Waals surface area contributed by atoms with Crippen molar-refractivity contribution in [3.63, 3.8) is 0 Å². The van der Waals surface area contributed by atoms with Crippen LogP contribution in [0.15, 0.2) is 41.3 Å². The zero-order valence-corrected chi connectivity index (χ0v) is 10.5. The summed E-state index contributed by atoms with van der Waals surface area (Å²) in [6, 6.07) is 10.4. The third-order valence-corrected chi connectivity index (χ3v) is 3.06. The molecule has 17 heavy (non-hydrogen) atoms. The lowest BCUT2D eigenvalue weighted by molar-refractivity contribution is 0.850. The molecule has 0 saturated carbocycles. The molecule has 2 aromatic rings. The van der Waals surface area contributed by atoms with E-state index < -0.39 is 0 Å². The van der Waals surface area contributed by atoms with E-state index in [1.165, 1.54) is 5.56 Å². The Labute approximate surface area is 102 Å². The fourth-order valence-corrected chi connectivity index (χ4v) is 1.97. The highest BCUT2D eigenvalue weighted by atomic mass is 16.1. The van der Waals surface area contributed by atoms with E-state index in [0.717, 1.165) is 23.1 Å². The summed E-state index contributed by atoms with van der Waals surface area (Å²) >= 11 is 0. The number of hydrogen-bond donors (Lipinski definition) is 0. The summed E-state index contributed by atoms with van der Waals surface area (Å²) < 4.78 is 1.64. The maximum atomic E-state index is 11.6. The van der Waals surface area contributed by atoms with Crippen LogP contribution in [0.4, 0.5) is 0 Å². The second-order valence-corrected chi connectivity index (χ2v) is 4.38. The average Bonchev–Trinajstić information content (AvgIpc) is 2.35. The van der Waals surface area contributed by atoms with Crippen molar-refractivity contribution in [1.82, 2.24) is 4.57 Å². The van der Waals surface area contributed by atoms with Crippen LogP contribution >= 0.6 is 0 Å². The van der Waals surface area contributed by atoms with E-state index in [-0.39, 0.29) is 5.56 Å². The van der Waals surface area contributed by atoms with Gasteiger partial charge >= 0.3 is 0 Å². The molecule has 0 N–H and O–H groups in total. The van der Waals surface area contributed by atoms with Crippen molar-refractivity contribution in [1.29, 1.82) is 0 Å². The molecule has 2 heteroatoms. The SMILES string of the molecule is CCc1ccc(-c2cc(C)c(=O)n(C)c2)cc1. The van der Waals surface area contributed by atoms with Crippen molar-refractivity contribution < 1.29 is 0 Å². The molecule has 0 radical (unpaired) electrons. The second kappa shape index (κ2) is 4.58. The quantitative estimate of drug-likeness (QED) is 0.773. The van der Waals surface area contributed by atoms with E-state index in [1.54, 1.807) is 11.6 Å². The predicted octanol–water partition coefficient (Wildman–Crippen LogP) is 2.92. The largest absolute Gasteiger partial charge is 0.318 e. The van der Waals surface area contributed by atoms with Gasteiger partial charge in [-0.2, -0.15) is 0 Å². The Bertz CT molecular complexity index is 553. The monoisotopic (exact) mass is 227 g/mol. The van der Waals surface area contributed by atoms with Gasteiger partial charge in [-0.25, -0.2) is 0 Å². The van der Waals surface area contributed by atoms with Crippen molar-refractivity contribution in [3.8, 4) is 11.1 Å². The van der Waals surface area contributed by atoms with Gasteiger partial charge in [0.25, 0.3) is 5.56 Å². The van der Waals surface area contributed by atoms with Crippen LogP contribution in [-0.2, 0) is 13.5 Å². The van der Waals surface area contributed by atoms with Gasteiger partial charge in [-0.1, -0.05) is 31.2 Å². The Morgan fingerprint density at radius 1 is 1.12 bits per heavy atom. The molecule has 0 bridgehead atoms. The standard InChI is InChI=1S/C15H17NO/c1-4-12-5-7-13(8-6-12)14-9-11(2)15(17)16(3)10-14/h5-10H,4H2,1-3H3. The minimum absolute atomic E-state index is 0.0685. The third kappa shape index (κ3) is 2.31. The van der Waals surface area contributed by atoms with E-state index in [1.807, 2.05) is 19.2 Å². The molecule has 0 unspecified atom stereocenters. The first-order chi connectivity index (χ1) is 8.11. The van der Waals surface area contributed by atoms with Gasteiger partial charge in [0.05, 0.1) is 0 Å². The van der Waals surface area contributed by atoms with Crippen molar-refractivity contribution in [2.45, 2.75) is 20.3 Å². The van der Waals surface area contributed by atoms with Crippen LogP contribution in [0.1, 0.15) is 18.1 Å². The summed E-state index contributed by atoms with van der Waals surface area (Å²) in [7, 11) is 1.79. The first-order valence-electron chi connectivity index (χ1n) is 5.88. The molecule has 0 amide bonds. The van der Waals surface area contributed by atoms with Crippen LogP contribution in [0.5, 0.6) is 0 Å². The number of nitrogens with zero attached hydrogens (tertiary/aromatic N) is 1. The highest BCUT2D eigenvalue weighted by Crippen LogP contribution is 2.19. The molecule has 0 saturated heterocycles. The molecule has 2 nitrogen and oxygen atoms in total. The van der Waals surface area contributed by atoms with E-state index >= 15 is 0 Å². The van der Waals surface area contributed by atoms with Crippen LogP contribution in [0.3, 0.4) is 0 Å². The fraction of sp³-hybridized carbons (Fsp3) is 0.267. The molecule has 88 valence electrons. The van der Waals surface area contributed by atoms with E-state index in [2.05, 4.69) is 31.2 Å². The van der Waals surface area contributed by atoms with Crippen molar-refractivity contribution in [3.05, 3.63) is 58.0 Å². The van der Waals surface area contributed by atoms with Gasteiger partial charge in [-0.05, 0) is 36.1 Å². The van der Waals surface area contributed by atoms with Gasteiger partial charge < -0.3 is 4.57 Å².